The van der Waals surface area contributed by atoms with Gasteiger partial charge in [-0.15, -0.1) is 11.3 Å². The Balaban J connectivity index is 2.12. The Kier molecular flexibility index (Phi) is 4.30. The molecular formula is C14H15ClF2N2S. The van der Waals surface area contributed by atoms with Crippen molar-refractivity contribution < 1.29 is 8.78 Å². The Bertz CT molecular complexity index is 597. The van der Waals surface area contributed by atoms with E-state index < -0.39 is 11.6 Å². The van der Waals surface area contributed by atoms with Crippen LogP contribution >= 0.6 is 22.9 Å². The highest BCUT2D eigenvalue weighted by Gasteiger charge is 2.18. The molecule has 0 saturated heterocycles. The first-order valence-corrected chi connectivity index (χ1v) is 7.30. The number of aromatic nitrogens is 1. The molecule has 6 heteroatoms. The maximum atomic E-state index is 13.6. The van der Waals surface area contributed by atoms with E-state index in [0.29, 0.717) is 6.54 Å². The van der Waals surface area contributed by atoms with Crippen LogP contribution in [0.15, 0.2) is 18.3 Å². The maximum Gasteiger partial charge on any atom is 0.150 e. The van der Waals surface area contributed by atoms with Gasteiger partial charge in [0, 0.05) is 22.6 Å². The van der Waals surface area contributed by atoms with Gasteiger partial charge in [-0.05, 0) is 6.07 Å². The summed E-state index contributed by atoms with van der Waals surface area (Å²) in [5.74, 6) is -1.39. The summed E-state index contributed by atoms with van der Waals surface area (Å²) in [5.41, 5.74) is 0.0978. The molecule has 0 aliphatic carbocycles. The molecule has 0 aliphatic heterocycles. The van der Waals surface area contributed by atoms with Gasteiger partial charge < -0.3 is 5.32 Å². The molecule has 0 bridgehead atoms. The minimum absolute atomic E-state index is 0.0122. The van der Waals surface area contributed by atoms with Crippen LogP contribution in [-0.4, -0.2) is 4.98 Å². The van der Waals surface area contributed by atoms with Crippen molar-refractivity contribution in [1.82, 2.24) is 4.98 Å². The van der Waals surface area contributed by atoms with E-state index >= 15 is 0 Å². The third-order valence-electron chi connectivity index (χ3n) is 2.64. The summed E-state index contributed by atoms with van der Waals surface area (Å²) in [6.07, 6.45) is 1.76. The highest BCUT2D eigenvalue weighted by molar-refractivity contribution is 7.11. The molecule has 2 aromatic rings. The molecule has 1 N–H and O–H groups in total. The van der Waals surface area contributed by atoms with Crippen molar-refractivity contribution in [3.63, 3.8) is 0 Å². The first-order chi connectivity index (χ1) is 9.27. The Hall–Kier alpha value is -1.20. The van der Waals surface area contributed by atoms with Crippen LogP contribution in [-0.2, 0) is 12.0 Å². The molecule has 0 atom stereocenters. The highest BCUT2D eigenvalue weighted by Crippen LogP contribution is 2.29. The number of nitrogens with zero attached hydrogens (tertiary/aromatic N) is 1. The van der Waals surface area contributed by atoms with Crippen molar-refractivity contribution in [1.29, 1.82) is 0 Å². The number of hydrogen-bond donors (Lipinski definition) is 1. The van der Waals surface area contributed by atoms with Gasteiger partial charge in [0.15, 0.2) is 5.82 Å². The predicted molar refractivity (Wildman–Crippen MR) is 79.5 cm³/mol. The van der Waals surface area contributed by atoms with Crippen molar-refractivity contribution in [3.05, 3.63) is 44.9 Å². The molecule has 2 rings (SSSR count). The van der Waals surface area contributed by atoms with Gasteiger partial charge in [-0.1, -0.05) is 32.4 Å². The van der Waals surface area contributed by atoms with Gasteiger partial charge in [0.1, 0.15) is 5.82 Å². The molecule has 108 valence electrons. The third-order valence-corrected chi connectivity index (χ3v) is 4.36. The van der Waals surface area contributed by atoms with Gasteiger partial charge in [-0.2, -0.15) is 0 Å². The first-order valence-electron chi connectivity index (χ1n) is 6.11. The van der Waals surface area contributed by atoms with Crippen LogP contribution in [0.1, 0.15) is 30.7 Å². The topological polar surface area (TPSA) is 24.9 Å². The fraction of sp³-hybridized carbons (Fsp3) is 0.357. The Morgan fingerprint density at radius 2 is 2.00 bits per heavy atom. The van der Waals surface area contributed by atoms with E-state index in [0.717, 1.165) is 22.0 Å². The van der Waals surface area contributed by atoms with E-state index in [2.05, 4.69) is 31.1 Å². The second-order valence-corrected chi connectivity index (χ2v) is 7.00. The number of thiazole rings is 1. The molecule has 0 fully saturated rings. The molecule has 0 aliphatic rings. The summed E-state index contributed by atoms with van der Waals surface area (Å²) in [5, 5.41) is 3.93. The lowest BCUT2D eigenvalue weighted by Crippen LogP contribution is -2.09. The van der Waals surface area contributed by atoms with Crippen LogP contribution in [0.5, 0.6) is 0 Å². The monoisotopic (exact) mass is 316 g/mol. The second-order valence-electron chi connectivity index (χ2n) is 5.48. The van der Waals surface area contributed by atoms with Gasteiger partial charge in [0.2, 0.25) is 0 Å². The van der Waals surface area contributed by atoms with Crippen molar-refractivity contribution in [2.75, 3.05) is 5.32 Å². The summed E-state index contributed by atoms with van der Waals surface area (Å²) in [4.78, 5) is 5.32. The third kappa shape index (κ3) is 3.46. The zero-order chi connectivity index (χ0) is 14.9. The van der Waals surface area contributed by atoms with Crippen LogP contribution in [0, 0.1) is 11.6 Å². The standard InChI is InChI=1S/C14H15ClF2N2S/c1-14(2,3)13-19-7-9(20-13)6-18-12-10(15)4-8(16)5-11(12)17/h4-5,7,18H,6H2,1-3H3. The van der Waals surface area contributed by atoms with E-state index in [4.69, 9.17) is 11.6 Å². The lowest BCUT2D eigenvalue weighted by molar-refractivity contribution is 0.585. The SMILES string of the molecule is CC(C)(C)c1ncc(CNc2c(F)cc(F)cc2Cl)s1. The molecule has 1 aromatic heterocycles. The largest absolute Gasteiger partial charge is 0.377 e. The van der Waals surface area contributed by atoms with Crippen LogP contribution < -0.4 is 5.32 Å². The Morgan fingerprint density at radius 1 is 1.30 bits per heavy atom. The lowest BCUT2D eigenvalue weighted by Gasteiger charge is -2.13. The van der Waals surface area contributed by atoms with Gasteiger partial charge in [-0.3, -0.25) is 0 Å². The molecule has 0 radical (unpaired) electrons. The summed E-state index contributed by atoms with van der Waals surface area (Å²) in [7, 11) is 0. The second kappa shape index (κ2) is 5.66. The quantitative estimate of drug-likeness (QED) is 0.863. The average Bonchev–Trinajstić information content (AvgIpc) is 2.75. The van der Waals surface area contributed by atoms with Crippen LogP contribution in [0.2, 0.25) is 5.02 Å². The first kappa shape index (κ1) is 15.2. The highest BCUT2D eigenvalue weighted by atomic mass is 35.5. The van der Waals surface area contributed by atoms with Crippen molar-refractivity contribution in [3.8, 4) is 0 Å². The van der Waals surface area contributed by atoms with Gasteiger partial charge in [0.05, 0.1) is 22.3 Å². The minimum Gasteiger partial charge on any atom is -0.377 e. The molecule has 0 saturated carbocycles. The fourth-order valence-electron chi connectivity index (χ4n) is 1.62. The summed E-state index contributed by atoms with van der Waals surface area (Å²) in [6.45, 7) is 6.65. The average molecular weight is 317 g/mol. The van der Waals surface area contributed by atoms with E-state index in [1.807, 2.05) is 0 Å². The van der Waals surface area contributed by atoms with E-state index in [-0.39, 0.29) is 16.1 Å². The van der Waals surface area contributed by atoms with Crippen molar-refractivity contribution in [2.24, 2.45) is 0 Å². The Morgan fingerprint density at radius 3 is 2.55 bits per heavy atom. The number of rotatable bonds is 3. The maximum absolute atomic E-state index is 13.6. The zero-order valence-electron chi connectivity index (χ0n) is 11.4. The minimum atomic E-state index is -0.699. The van der Waals surface area contributed by atoms with Crippen molar-refractivity contribution >= 4 is 28.6 Å². The molecule has 2 nitrogen and oxygen atoms in total. The predicted octanol–water partition coefficient (Wildman–Crippen LogP) is 4.98. The van der Waals surface area contributed by atoms with Crippen LogP contribution in [0.25, 0.3) is 0 Å². The molecule has 1 heterocycles. The van der Waals surface area contributed by atoms with E-state index in [1.54, 1.807) is 17.5 Å². The van der Waals surface area contributed by atoms with Crippen LogP contribution in [0.3, 0.4) is 0 Å². The number of nitrogens with one attached hydrogen (secondary N) is 1. The van der Waals surface area contributed by atoms with E-state index in [1.165, 1.54) is 0 Å². The smallest absolute Gasteiger partial charge is 0.150 e. The molecular weight excluding hydrogens is 302 g/mol. The van der Waals surface area contributed by atoms with Gasteiger partial charge in [0.25, 0.3) is 0 Å². The number of halogens is 3. The van der Waals surface area contributed by atoms with Crippen molar-refractivity contribution in [2.45, 2.75) is 32.7 Å². The zero-order valence-corrected chi connectivity index (χ0v) is 13.0. The Labute approximate surface area is 125 Å². The van der Waals surface area contributed by atoms with Gasteiger partial charge in [-0.25, -0.2) is 13.8 Å². The molecule has 0 amide bonds. The number of anilines is 1. The summed E-state index contributed by atoms with van der Waals surface area (Å²) >= 11 is 7.38. The normalized spacial score (nSPS) is 11.7. The number of hydrogen-bond acceptors (Lipinski definition) is 3. The lowest BCUT2D eigenvalue weighted by atomic mass is 9.98. The molecule has 0 unspecified atom stereocenters. The molecule has 1 aromatic carbocycles. The number of benzene rings is 1. The molecule has 20 heavy (non-hydrogen) atoms. The van der Waals surface area contributed by atoms with Crippen LogP contribution in [0.4, 0.5) is 14.5 Å². The fourth-order valence-corrected chi connectivity index (χ4v) is 2.79. The summed E-state index contributed by atoms with van der Waals surface area (Å²) < 4.78 is 26.6. The van der Waals surface area contributed by atoms with Gasteiger partial charge >= 0.3 is 0 Å². The van der Waals surface area contributed by atoms with E-state index in [9.17, 15) is 8.78 Å². The summed E-state index contributed by atoms with van der Waals surface area (Å²) in [6, 6.07) is 1.89. The molecule has 0 spiro atoms.